The highest BCUT2D eigenvalue weighted by molar-refractivity contribution is 5.74. The third kappa shape index (κ3) is 3.38. The van der Waals surface area contributed by atoms with Crippen LogP contribution in [0.1, 0.15) is 39.5 Å². The van der Waals surface area contributed by atoms with Gasteiger partial charge >= 0.3 is 6.03 Å². The van der Waals surface area contributed by atoms with Crippen LogP contribution in [0.5, 0.6) is 0 Å². The number of carbonyl (C=O) groups is 1. The smallest absolute Gasteiger partial charge is 0.315 e. The zero-order valence-corrected chi connectivity index (χ0v) is 9.68. The SMILES string of the molecule is CCNC(=O)NC1(CO)CCCC(C)C1. The highest BCUT2D eigenvalue weighted by Gasteiger charge is 2.35. The lowest BCUT2D eigenvalue weighted by Crippen LogP contribution is -2.56. The fourth-order valence-electron chi connectivity index (χ4n) is 2.40. The van der Waals surface area contributed by atoms with Gasteiger partial charge in [0.25, 0.3) is 0 Å². The monoisotopic (exact) mass is 214 g/mol. The van der Waals surface area contributed by atoms with Crippen LogP contribution in [0.15, 0.2) is 0 Å². The Morgan fingerprint density at radius 3 is 2.87 bits per heavy atom. The van der Waals surface area contributed by atoms with Crippen LogP contribution in [0.3, 0.4) is 0 Å². The molecule has 0 aromatic heterocycles. The molecule has 1 fully saturated rings. The Kier molecular flexibility index (Phi) is 4.39. The molecule has 0 spiro atoms. The van der Waals surface area contributed by atoms with Gasteiger partial charge < -0.3 is 15.7 Å². The van der Waals surface area contributed by atoms with Crippen molar-refractivity contribution in [2.75, 3.05) is 13.2 Å². The molecule has 2 unspecified atom stereocenters. The maximum absolute atomic E-state index is 11.4. The van der Waals surface area contributed by atoms with Crippen molar-refractivity contribution in [3.05, 3.63) is 0 Å². The molecule has 0 aromatic rings. The van der Waals surface area contributed by atoms with E-state index in [1.165, 1.54) is 6.42 Å². The summed E-state index contributed by atoms with van der Waals surface area (Å²) < 4.78 is 0. The standard InChI is InChI=1S/C11H22N2O2/c1-3-12-10(15)13-11(8-14)6-4-5-9(2)7-11/h9,14H,3-8H2,1-2H3,(H2,12,13,15). The van der Waals surface area contributed by atoms with E-state index in [0.29, 0.717) is 12.5 Å². The van der Waals surface area contributed by atoms with Crippen LogP contribution in [0, 0.1) is 5.92 Å². The van der Waals surface area contributed by atoms with Crippen molar-refractivity contribution in [3.63, 3.8) is 0 Å². The van der Waals surface area contributed by atoms with Crippen LogP contribution >= 0.6 is 0 Å². The van der Waals surface area contributed by atoms with Crippen LogP contribution in [-0.4, -0.2) is 29.8 Å². The number of hydrogen-bond acceptors (Lipinski definition) is 2. The van der Waals surface area contributed by atoms with Gasteiger partial charge in [0.15, 0.2) is 0 Å². The Morgan fingerprint density at radius 2 is 2.33 bits per heavy atom. The Morgan fingerprint density at radius 1 is 1.60 bits per heavy atom. The van der Waals surface area contributed by atoms with Crippen LogP contribution in [0.4, 0.5) is 4.79 Å². The van der Waals surface area contributed by atoms with Gasteiger partial charge in [-0.2, -0.15) is 0 Å². The number of nitrogens with one attached hydrogen (secondary N) is 2. The van der Waals surface area contributed by atoms with Crippen molar-refractivity contribution in [1.82, 2.24) is 10.6 Å². The Labute approximate surface area is 91.4 Å². The molecule has 1 aliphatic rings. The zero-order valence-electron chi connectivity index (χ0n) is 9.68. The van der Waals surface area contributed by atoms with Gasteiger partial charge in [0, 0.05) is 6.54 Å². The molecule has 4 nitrogen and oxygen atoms in total. The largest absolute Gasteiger partial charge is 0.394 e. The van der Waals surface area contributed by atoms with E-state index in [-0.39, 0.29) is 12.6 Å². The predicted molar refractivity (Wildman–Crippen MR) is 59.7 cm³/mol. The average Bonchev–Trinajstić information content (AvgIpc) is 2.18. The third-order valence-electron chi connectivity index (χ3n) is 3.11. The molecule has 0 aliphatic heterocycles. The van der Waals surface area contributed by atoms with Gasteiger partial charge in [-0.15, -0.1) is 0 Å². The van der Waals surface area contributed by atoms with Gasteiger partial charge in [0.1, 0.15) is 0 Å². The first-order chi connectivity index (χ1) is 7.12. The molecule has 2 atom stereocenters. The van der Waals surface area contributed by atoms with Crippen molar-refractivity contribution in [2.24, 2.45) is 5.92 Å². The maximum atomic E-state index is 11.4. The van der Waals surface area contributed by atoms with Gasteiger partial charge in [-0.05, 0) is 25.7 Å². The summed E-state index contributed by atoms with van der Waals surface area (Å²) >= 11 is 0. The summed E-state index contributed by atoms with van der Waals surface area (Å²) in [6.07, 6.45) is 4.03. The Hall–Kier alpha value is -0.770. The Bertz CT molecular complexity index is 221. The summed E-state index contributed by atoms with van der Waals surface area (Å²) in [4.78, 5) is 11.4. The second kappa shape index (κ2) is 5.35. The Balaban J connectivity index is 2.55. The zero-order chi connectivity index (χ0) is 11.3. The van der Waals surface area contributed by atoms with E-state index in [4.69, 9.17) is 0 Å². The number of rotatable bonds is 3. The van der Waals surface area contributed by atoms with Crippen LogP contribution in [0.2, 0.25) is 0 Å². The molecule has 0 bridgehead atoms. The summed E-state index contributed by atoms with van der Waals surface area (Å²) in [5.41, 5.74) is -0.392. The summed E-state index contributed by atoms with van der Waals surface area (Å²) in [5, 5.41) is 15.1. The molecule has 2 amide bonds. The summed E-state index contributed by atoms with van der Waals surface area (Å²) in [5.74, 6) is 0.577. The normalized spacial score (nSPS) is 31.0. The molecule has 88 valence electrons. The number of aliphatic hydroxyl groups is 1. The minimum absolute atomic E-state index is 0.0362. The minimum atomic E-state index is -0.392. The molecule has 15 heavy (non-hydrogen) atoms. The fourth-order valence-corrected chi connectivity index (χ4v) is 2.40. The van der Waals surface area contributed by atoms with E-state index in [1.807, 2.05) is 6.92 Å². The van der Waals surface area contributed by atoms with Gasteiger partial charge in [-0.1, -0.05) is 19.8 Å². The number of aliphatic hydroxyl groups excluding tert-OH is 1. The molecule has 3 N–H and O–H groups in total. The molecule has 0 heterocycles. The maximum Gasteiger partial charge on any atom is 0.315 e. The van der Waals surface area contributed by atoms with Crippen molar-refractivity contribution in [2.45, 2.75) is 45.1 Å². The molecular weight excluding hydrogens is 192 g/mol. The van der Waals surface area contributed by atoms with E-state index in [2.05, 4.69) is 17.6 Å². The van der Waals surface area contributed by atoms with E-state index in [9.17, 15) is 9.90 Å². The number of hydrogen-bond donors (Lipinski definition) is 3. The van der Waals surface area contributed by atoms with Crippen LogP contribution in [0.25, 0.3) is 0 Å². The molecule has 0 saturated heterocycles. The second-order valence-corrected chi connectivity index (χ2v) is 4.62. The lowest BCUT2D eigenvalue weighted by atomic mass is 9.77. The second-order valence-electron chi connectivity index (χ2n) is 4.62. The quantitative estimate of drug-likeness (QED) is 0.662. The van der Waals surface area contributed by atoms with Crippen molar-refractivity contribution >= 4 is 6.03 Å². The lowest BCUT2D eigenvalue weighted by molar-refractivity contribution is 0.106. The fraction of sp³-hybridized carbons (Fsp3) is 0.909. The molecule has 1 aliphatic carbocycles. The first kappa shape index (κ1) is 12.3. The number of carbonyl (C=O) groups excluding carboxylic acids is 1. The molecule has 1 rings (SSSR count). The lowest BCUT2D eigenvalue weighted by Gasteiger charge is -2.39. The average molecular weight is 214 g/mol. The van der Waals surface area contributed by atoms with Crippen molar-refractivity contribution in [1.29, 1.82) is 0 Å². The van der Waals surface area contributed by atoms with Crippen LogP contribution < -0.4 is 10.6 Å². The number of urea groups is 1. The van der Waals surface area contributed by atoms with Crippen molar-refractivity contribution in [3.8, 4) is 0 Å². The van der Waals surface area contributed by atoms with E-state index < -0.39 is 5.54 Å². The first-order valence-electron chi connectivity index (χ1n) is 5.79. The third-order valence-corrected chi connectivity index (χ3v) is 3.11. The molecule has 0 radical (unpaired) electrons. The highest BCUT2D eigenvalue weighted by atomic mass is 16.3. The topological polar surface area (TPSA) is 61.4 Å². The van der Waals surface area contributed by atoms with Gasteiger partial charge in [-0.25, -0.2) is 4.79 Å². The predicted octanol–water partition coefficient (Wildman–Crippen LogP) is 1.25. The molecule has 4 heteroatoms. The van der Waals surface area contributed by atoms with E-state index in [0.717, 1.165) is 19.3 Å². The first-order valence-corrected chi connectivity index (χ1v) is 5.79. The van der Waals surface area contributed by atoms with Crippen LogP contribution in [-0.2, 0) is 0 Å². The van der Waals surface area contributed by atoms with Gasteiger partial charge in [0.05, 0.1) is 12.1 Å². The van der Waals surface area contributed by atoms with Gasteiger partial charge in [0.2, 0.25) is 0 Å². The summed E-state index contributed by atoms with van der Waals surface area (Å²) in [7, 11) is 0. The van der Waals surface area contributed by atoms with Crippen molar-refractivity contribution < 1.29 is 9.90 Å². The number of amides is 2. The molecule has 0 aromatic carbocycles. The highest BCUT2D eigenvalue weighted by Crippen LogP contribution is 2.31. The molecular formula is C11H22N2O2. The summed E-state index contributed by atoms with van der Waals surface area (Å²) in [6, 6.07) is -0.166. The summed E-state index contributed by atoms with van der Waals surface area (Å²) in [6.45, 7) is 4.70. The molecule has 1 saturated carbocycles. The van der Waals surface area contributed by atoms with Gasteiger partial charge in [-0.3, -0.25) is 0 Å². The van der Waals surface area contributed by atoms with E-state index >= 15 is 0 Å². The van der Waals surface area contributed by atoms with E-state index in [1.54, 1.807) is 0 Å². The minimum Gasteiger partial charge on any atom is -0.394 e.